The Balaban J connectivity index is 3.32. The molecule has 1 saturated heterocycles. The van der Waals surface area contributed by atoms with Gasteiger partial charge < -0.3 is 82.7 Å². The number of amides is 8. The molecule has 0 aromatic rings. The Morgan fingerprint density at radius 1 is 0.705 bits per heavy atom. The lowest BCUT2D eigenvalue weighted by Crippen LogP contribution is -2.60. The first-order chi connectivity index (χ1) is 41.2. The van der Waals surface area contributed by atoms with Crippen LogP contribution in [0.1, 0.15) is 166 Å². The molecule has 0 aliphatic carbocycles. The van der Waals surface area contributed by atoms with E-state index in [0.29, 0.717) is 25.7 Å². The number of likely N-dealkylation sites (tertiary alicyclic amines) is 1. The number of aliphatic hydroxyl groups is 1. The number of rotatable bonds is 44. The maximum Gasteiger partial charge on any atom is 0.328 e. The number of nitrogens with one attached hydrogen (secondary N) is 7. The van der Waals surface area contributed by atoms with Crippen molar-refractivity contribution in [2.45, 2.75) is 243 Å². The molecule has 0 radical (unpaired) electrons. The van der Waals surface area contributed by atoms with Gasteiger partial charge in [0.1, 0.15) is 35.5 Å². The second-order valence-corrected chi connectivity index (χ2v) is 26.2. The van der Waals surface area contributed by atoms with Crippen LogP contribution < -0.4 is 43.0 Å². The van der Waals surface area contributed by atoms with Gasteiger partial charge in [-0.25, -0.2) is 4.79 Å². The lowest BCUT2D eigenvalue weighted by Gasteiger charge is -2.41. The van der Waals surface area contributed by atoms with Crippen LogP contribution in [0.5, 0.6) is 0 Å². The zero-order chi connectivity index (χ0) is 67.3. The molecule has 0 saturated carbocycles. The summed E-state index contributed by atoms with van der Waals surface area (Å²) in [5.41, 5.74) is 5.74. The van der Waals surface area contributed by atoms with Crippen molar-refractivity contribution >= 4 is 76.9 Å². The van der Waals surface area contributed by atoms with Crippen LogP contribution in [0.15, 0.2) is 0 Å². The molecular formula is C60H108N10O17S. The second-order valence-electron chi connectivity index (χ2n) is 24.3. The first kappa shape index (κ1) is 80.3. The highest BCUT2D eigenvalue weighted by Gasteiger charge is 2.44. The average molecular weight is 1270 g/mol. The molecule has 13 N–H and O–H groups in total. The van der Waals surface area contributed by atoms with Gasteiger partial charge in [0, 0.05) is 58.5 Å². The maximum atomic E-state index is 14.6. The van der Waals surface area contributed by atoms with E-state index in [2.05, 4.69) is 44.1 Å². The molecule has 0 bridgehead atoms. The van der Waals surface area contributed by atoms with E-state index in [-0.39, 0.29) is 48.4 Å². The average Bonchev–Trinajstić information content (AvgIpc) is 1.62. The number of thioether (sulfide) groups is 1. The molecule has 0 spiro atoms. The zero-order valence-corrected chi connectivity index (χ0v) is 55.6. The number of carboxylic acids is 3. The van der Waals surface area contributed by atoms with E-state index in [4.69, 9.17) is 15.2 Å². The van der Waals surface area contributed by atoms with Crippen LogP contribution in [0.25, 0.3) is 0 Å². The van der Waals surface area contributed by atoms with Gasteiger partial charge in [-0.05, 0) is 63.8 Å². The van der Waals surface area contributed by atoms with Crippen molar-refractivity contribution < 1.29 is 82.6 Å². The topological polar surface area (TPSA) is 404 Å². The van der Waals surface area contributed by atoms with Crippen molar-refractivity contribution in [3.8, 4) is 0 Å². The van der Waals surface area contributed by atoms with Gasteiger partial charge in [-0.1, -0.05) is 108 Å². The molecule has 28 heteroatoms. The van der Waals surface area contributed by atoms with Gasteiger partial charge in [0.25, 0.3) is 0 Å². The maximum absolute atomic E-state index is 14.6. The summed E-state index contributed by atoms with van der Waals surface area (Å²) < 4.78 is 11.5. The van der Waals surface area contributed by atoms with Crippen molar-refractivity contribution in [1.29, 1.82) is 0 Å². The van der Waals surface area contributed by atoms with Gasteiger partial charge >= 0.3 is 17.9 Å². The first-order valence-electron chi connectivity index (χ1n) is 31.0. The van der Waals surface area contributed by atoms with Crippen molar-refractivity contribution in [3.63, 3.8) is 0 Å². The molecule has 0 aromatic carbocycles. The van der Waals surface area contributed by atoms with E-state index in [1.54, 1.807) is 23.9 Å². The minimum absolute atomic E-state index is 0.0170. The third-order valence-electron chi connectivity index (χ3n) is 16.4. The highest BCUT2D eigenvalue weighted by atomic mass is 32.2. The van der Waals surface area contributed by atoms with Gasteiger partial charge in [-0.3, -0.25) is 47.9 Å². The van der Waals surface area contributed by atoms with Crippen LogP contribution in [-0.2, 0) is 62.2 Å². The summed E-state index contributed by atoms with van der Waals surface area (Å²) in [7, 11) is 6.20. The minimum Gasteiger partial charge on any atom is -0.481 e. The van der Waals surface area contributed by atoms with Gasteiger partial charge in [0.05, 0.1) is 48.8 Å². The van der Waals surface area contributed by atoms with Crippen LogP contribution in [0.4, 0.5) is 0 Å². The monoisotopic (exact) mass is 1270 g/mol. The van der Waals surface area contributed by atoms with E-state index >= 15 is 0 Å². The lowest BCUT2D eigenvalue weighted by atomic mass is 9.89. The third kappa shape index (κ3) is 26.0. The molecule has 15 atom stereocenters. The van der Waals surface area contributed by atoms with Gasteiger partial charge in [-0.2, -0.15) is 0 Å². The molecule has 1 rings (SSSR count). The summed E-state index contributed by atoms with van der Waals surface area (Å²) >= 11 is 1.09. The molecule has 8 amide bonds. The second kappa shape index (κ2) is 40.1. The number of carbonyl (C=O) groups is 11. The molecule has 1 aliphatic rings. The molecule has 506 valence electrons. The van der Waals surface area contributed by atoms with Crippen LogP contribution in [-0.4, -0.2) is 220 Å². The standard InChI is InChI=1S/C60H108N10O17S/c1-16-19-20-21-23-35(7)48(62-12)55(79)67-47(33(4)5)57(81)69(13)50(34(6)18-3)42(86-14)29-45(73)70-28-22-24-41(70)51(87-15)36(8)52(76)68-49(37(9)71)56(80)65-38(25-26-46(74)75)54(78)66-40(58(82)83)32-63-53(77)39(31-61)64-44(72)30-43(59(84)85)88-60(10,11)27-17-2/h33-43,47-51,62,71H,16-32,61H2,1-15H3,(H,63,77)(H,64,72)(H,65,80)(H,66,78)(H,67,79)(H,68,76)(H,74,75)(H,82,83)(H,84,85). The van der Waals surface area contributed by atoms with Crippen molar-refractivity contribution in [2.24, 2.45) is 29.4 Å². The van der Waals surface area contributed by atoms with E-state index in [1.165, 1.54) is 28.1 Å². The fraction of sp³-hybridized carbons (Fsp3) is 0.817. The van der Waals surface area contributed by atoms with Crippen LogP contribution in [0.3, 0.4) is 0 Å². The van der Waals surface area contributed by atoms with E-state index in [9.17, 15) is 73.2 Å². The zero-order valence-electron chi connectivity index (χ0n) is 54.7. The summed E-state index contributed by atoms with van der Waals surface area (Å²) in [6.07, 6.45) is 2.68. The fourth-order valence-electron chi connectivity index (χ4n) is 11.2. The number of ether oxygens (including phenoxy) is 2. The first-order valence-corrected chi connectivity index (χ1v) is 31.9. The number of nitrogens with zero attached hydrogens (tertiary/aromatic N) is 2. The summed E-state index contributed by atoms with van der Waals surface area (Å²) in [6, 6.07) is -9.61. The number of carbonyl (C=O) groups excluding carboxylic acids is 8. The van der Waals surface area contributed by atoms with Gasteiger partial charge in [0.2, 0.25) is 47.3 Å². The Morgan fingerprint density at radius 2 is 1.32 bits per heavy atom. The molecule has 0 aromatic heterocycles. The van der Waals surface area contributed by atoms with E-state index < -0.39 is 162 Å². The number of nitrogens with two attached hydrogens (primary N) is 1. The fourth-order valence-corrected chi connectivity index (χ4v) is 12.6. The number of hydrogen-bond donors (Lipinski definition) is 12. The Bertz CT molecular complexity index is 2280. The van der Waals surface area contributed by atoms with Crippen molar-refractivity contribution in [3.05, 3.63) is 0 Å². The number of likely N-dealkylation sites (N-methyl/N-ethyl adjacent to an activating group) is 2. The Kier molecular flexibility index (Phi) is 36.6. The molecular weight excluding hydrogens is 1160 g/mol. The Labute approximate surface area is 524 Å². The Hall–Kier alpha value is -5.68. The molecule has 88 heavy (non-hydrogen) atoms. The van der Waals surface area contributed by atoms with Crippen LogP contribution in [0, 0.1) is 23.7 Å². The van der Waals surface area contributed by atoms with Gasteiger partial charge in [0.15, 0.2) is 0 Å². The highest BCUT2D eigenvalue weighted by Crippen LogP contribution is 2.35. The normalized spacial score (nSPS) is 18.2. The van der Waals surface area contributed by atoms with Crippen LogP contribution in [0.2, 0.25) is 0 Å². The number of aliphatic hydroxyl groups excluding tert-OH is 1. The summed E-state index contributed by atoms with van der Waals surface area (Å²) in [4.78, 5) is 150. The highest BCUT2D eigenvalue weighted by molar-refractivity contribution is 8.01. The van der Waals surface area contributed by atoms with E-state index in [1.807, 2.05) is 55.4 Å². The minimum atomic E-state index is -1.91. The number of aliphatic carboxylic acids is 3. The van der Waals surface area contributed by atoms with Gasteiger partial charge in [-0.15, -0.1) is 11.8 Å². The predicted octanol–water partition coefficient (Wildman–Crippen LogP) is 1.74. The summed E-state index contributed by atoms with van der Waals surface area (Å²) in [5.74, 6) is -11.8. The summed E-state index contributed by atoms with van der Waals surface area (Å²) in [5, 5.41) is 56.8. The largest absolute Gasteiger partial charge is 0.481 e. The molecule has 1 heterocycles. The summed E-state index contributed by atoms with van der Waals surface area (Å²) in [6.45, 7) is 19.1. The number of unbranched alkanes of at least 4 members (excludes halogenated alkanes) is 3. The van der Waals surface area contributed by atoms with E-state index in [0.717, 1.165) is 50.3 Å². The molecule has 1 aliphatic heterocycles. The molecule has 27 nitrogen and oxygen atoms in total. The Morgan fingerprint density at radius 3 is 1.83 bits per heavy atom. The number of hydrogen-bond acceptors (Lipinski definition) is 17. The number of carboxylic acid groups (broad SMARTS) is 3. The lowest BCUT2D eigenvalue weighted by molar-refractivity contribution is -0.148. The predicted molar refractivity (Wildman–Crippen MR) is 332 cm³/mol. The van der Waals surface area contributed by atoms with Crippen LogP contribution >= 0.6 is 11.8 Å². The number of methoxy groups -OCH3 is 2. The third-order valence-corrected chi connectivity index (χ3v) is 17.9. The molecule has 15 unspecified atom stereocenters. The van der Waals surface area contributed by atoms with Crippen molar-refractivity contribution in [2.75, 3.05) is 47.9 Å². The smallest absolute Gasteiger partial charge is 0.328 e. The van der Waals surface area contributed by atoms with Crippen molar-refractivity contribution in [1.82, 2.24) is 47.0 Å². The SMILES string of the molecule is CCCCCCC(C)C(NC)C(=O)NC(C(=O)N(C)C(C(C)CC)C(CC(=O)N1CCCC1C(OC)C(C)C(=O)NC(C(=O)NC(CCC(=O)O)C(=O)NC(CNC(=O)C(CN)NC(=O)CC(SC(C)(C)CCC)C(=O)O)C(=O)O)C(C)O)OC)C(C)C. The molecule has 1 fully saturated rings. The quantitative estimate of drug-likeness (QED) is 0.0387.